The zero-order valence-electron chi connectivity index (χ0n) is 14.7. The highest BCUT2D eigenvalue weighted by Gasteiger charge is 2.22. The van der Waals surface area contributed by atoms with E-state index in [2.05, 4.69) is 44.7 Å². The van der Waals surface area contributed by atoms with Crippen molar-refractivity contribution in [3.8, 4) is 0 Å². The normalized spacial score (nSPS) is 15.7. The highest BCUT2D eigenvalue weighted by atomic mass is 32.2. The Hall–Kier alpha value is -1.93. The molecule has 0 atom stereocenters. The third-order valence-corrected chi connectivity index (χ3v) is 5.17. The summed E-state index contributed by atoms with van der Waals surface area (Å²) in [6.45, 7) is 8.37. The van der Waals surface area contributed by atoms with Gasteiger partial charge < -0.3 is 4.90 Å². The lowest BCUT2D eigenvalue weighted by atomic mass is 10.2. The molecule has 25 heavy (non-hydrogen) atoms. The van der Waals surface area contributed by atoms with Gasteiger partial charge in [0.15, 0.2) is 0 Å². The minimum absolute atomic E-state index is 0.155. The molecule has 0 saturated carbocycles. The molecule has 0 N–H and O–H groups in total. The van der Waals surface area contributed by atoms with Gasteiger partial charge >= 0.3 is 0 Å². The predicted molar refractivity (Wildman–Crippen MR) is 97.2 cm³/mol. The highest BCUT2D eigenvalue weighted by molar-refractivity contribution is 7.99. The molecule has 2 aromatic rings. The predicted octanol–water partition coefficient (Wildman–Crippen LogP) is 1.69. The fourth-order valence-corrected chi connectivity index (χ4v) is 3.73. The third kappa shape index (κ3) is 4.79. The van der Waals surface area contributed by atoms with Crippen molar-refractivity contribution < 1.29 is 4.79 Å². The number of benzene rings is 1. The quantitative estimate of drug-likeness (QED) is 0.731. The summed E-state index contributed by atoms with van der Waals surface area (Å²) in [6.07, 6.45) is 0. The fraction of sp³-hybridized carbons (Fsp3) is 0.529. The third-order valence-electron chi connectivity index (χ3n) is 4.25. The topological polar surface area (TPSA) is 67.2 Å². The van der Waals surface area contributed by atoms with E-state index in [0.29, 0.717) is 10.9 Å². The number of hydrogen-bond acceptors (Lipinski definition) is 6. The summed E-state index contributed by atoms with van der Waals surface area (Å²) in [5.74, 6) is 0.536. The average molecular weight is 360 g/mol. The maximum absolute atomic E-state index is 12.4. The molecular weight excluding hydrogens is 336 g/mol. The van der Waals surface area contributed by atoms with Gasteiger partial charge in [-0.2, -0.15) is 0 Å². The van der Waals surface area contributed by atoms with E-state index in [-0.39, 0.29) is 11.9 Å². The molecule has 134 valence electrons. The van der Waals surface area contributed by atoms with Crippen LogP contribution in [-0.2, 0) is 11.3 Å². The SMILES string of the molecule is CC(C)n1nnnc1SCC(=O)N1CCN(Cc2ccccc2)CC1. The van der Waals surface area contributed by atoms with Gasteiger partial charge in [0.1, 0.15) is 0 Å². The van der Waals surface area contributed by atoms with Crippen molar-refractivity contribution in [2.45, 2.75) is 31.6 Å². The van der Waals surface area contributed by atoms with Crippen LogP contribution in [0.5, 0.6) is 0 Å². The van der Waals surface area contributed by atoms with Crippen LogP contribution in [0.2, 0.25) is 0 Å². The average Bonchev–Trinajstić information content (AvgIpc) is 3.10. The summed E-state index contributed by atoms with van der Waals surface area (Å²) in [7, 11) is 0. The van der Waals surface area contributed by atoms with Crippen molar-refractivity contribution in [3.63, 3.8) is 0 Å². The van der Waals surface area contributed by atoms with Gasteiger partial charge in [0.2, 0.25) is 11.1 Å². The number of rotatable bonds is 6. The second-order valence-corrected chi connectivity index (χ2v) is 7.37. The number of aromatic nitrogens is 4. The van der Waals surface area contributed by atoms with E-state index in [0.717, 1.165) is 32.7 Å². The molecule has 1 aliphatic heterocycles. The van der Waals surface area contributed by atoms with Crippen LogP contribution in [0.3, 0.4) is 0 Å². The minimum Gasteiger partial charge on any atom is -0.339 e. The van der Waals surface area contributed by atoms with Crippen molar-refractivity contribution in [2.24, 2.45) is 0 Å². The molecule has 1 fully saturated rings. The molecule has 1 amide bonds. The van der Waals surface area contributed by atoms with Crippen molar-refractivity contribution in [1.82, 2.24) is 30.0 Å². The van der Waals surface area contributed by atoms with E-state index in [9.17, 15) is 4.79 Å². The maximum Gasteiger partial charge on any atom is 0.233 e. The number of thioether (sulfide) groups is 1. The molecule has 7 nitrogen and oxygen atoms in total. The van der Waals surface area contributed by atoms with E-state index in [4.69, 9.17) is 0 Å². The van der Waals surface area contributed by atoms with Crippen molar-refractivity contribution >= 4 is 17.7 Å². The van der Waals surface area contributed by atoms with Gasteiger partial charge in [-0.25, -0.2) is 4.68 Å². The van der Waals surface area contributed by atoms with Crippen LogP contribution in [-0.4, -0.2) is 67.8 Å². The molecule has 8 heteroatoms. The largest absolute Gasteiger partial charge is 0.339 e. The van der Waals surface area contributed by atoms with Gasteiger partial charge in [-0.3, -0.25) is 9.69 Å². The van der Waals surface area contributed by atoms with Crippen LogP contribution in [0, 0.1) is 0 Å². The van der Waals surface area contributed by atoms with E-state index < -0.39 is 0 Å². The molecule has 0 radical (unpaired) electrons. The lowest BCUT2D eigenvalue weighted by Gasteiger charge is -2.34. The number of amides is 1. The Bertz CT molecular complexity index is 681. The molecule has 1 saturated heterocycles. The molecule has 0 bridgehead atoms. The summed E-state index contributed by atoms with van der Waals surface area (Å²) in [4.78, 5) is 16.8. The van der Waals surface area contributed by atoms with Gasteiger partial charge in [0.05, 0.1) is 11.8 Å². The zero-order chi connectivity index (χ0) is 17.6. The van der Waals surface area contributed by atoms with E-state index in [1.807, 2.05) is 24.8 Å². The molecule has 1 aromatic carbocycles. The van der Waals surface area contributed by atoms with Gasteiger partial charge in [0.25, 0.3) is 0 Å². The Morgan fingerprint density at radius 3 is 2.56 bits per heavy atom. The molecule has 0 aliphatic carbocycles. The summed E-state index contributed by atoms with van der Waals surface area (Å²) < 4.78 is 1.75. The number of piperazine rings is 1. The van der Waals surface area contributed by atoms with Crippen molar-refractivity contribution in [2.75, 3.05) is 31.9 Å². The second kappa shape index (κ2) is 8.44. The van der Waals surface area contributed by atoms with E-state index in [1.165, 1.54) is 17.3 Å². The van der Waals surface area contributed by atoms with Gasteiger partial charge in [-0.05, 0) is 29.8 Å². The Labute approximate surface area is 152 Å². The first-order chi connectivity index (χ1) is 12.1. The summed E-state index contributed by atoms with van der Waals surface area (Å²) in [5, 5.41) is 12.4. The van der Waals surface area contributed by atoms with Gasteiger partial charge in [0, 0.05) is 32.7 Å². The van der Waals surface area contributed by atoms with Crippen LogP contribution in [0.25, 0.3) is 0 Å². The molecular formula is C17H24N6OS. The Kier molecular flexibility index (Phi) is 6.04. The van der Waals surface area contributed by atoms with Crippen LogP contribution >= 0.6 is 11.8 Å². The number of tetrazole rings is 1. The van der Waals surface area contributed by atoms with E-state index >= 15 is 0 Å². The zero-order valence-corrected chi connectivity index (χ0v) is 15.5. The molecule has 1 aliphatic rings. The monoisotopic (exact) mass is 360 g/mol. The molecule has 0 spiro atoms. The highest BCUT2D eigenvalue weighted by Crippen LogP contribution is 2.18. The first-order valence-corrected chi connectivity index (χ1v) is 9.57. The van der Waals surface area contributed by atoms with Crippen molar-refractivity contribution in [1.29, 1.82) is 0 Å². The van der Waals surface area contributed by atoms with Gasteiger partial charge in [-0.1, -0.05) is 42.1 Å². The molecule has 1 aromatic heterocycles. The van der Waals surface area contributed by atoms with Crippen LogP contribution in [0.15, 0.2) is 35.5 Å². The number of carbonyl (C=O) groups is 1. The van der Waals surface area contributed by atoms with E-state index in [1.54, 1.807) is 4.68 Å². The lowest BCUT2D eigenvalue weighted by Crippen LogP contribution is -2.48. The molecule has 3 rings (SSSR count). The fourth-order valence-electron chi connectivity index (χ4n) is 2.82. The van der Waals surface area contributed by atoms with Gasteiger partial charge in [-0.15, -0.1) is 5.10 Å². The second-order valence-electron chi connectivity index (χ2n) is 6.43. The molecule has 2 heterocycles. The standard InChI is InChI=1S/C17H24N6OS/c1-14(2)23-17(18-19-20-23)25-13-16(24)22-10-8-21(9-11-22)12-15-6-4-3-5-7-15/h3-7,14H,8-13H2,1-2H3. The Balaban J connectivity index is 1.44. The summed E-state index contributed by atoms with van der Waals surface area (Å²) in [5.41, 5.74) is 1.32. The van der Waals surface area contributed by atoms with Crippen LogP contribution < -0.4 is 0 Å². The summed E-state index contributed by atoms with van der Waals surface area (Å²) >= 11 is 1.41. The maximum atomic E-state index is 12.4. The first-order valence-electron chi connectivity index (χ1n) is 8.58. The number of nitrogens with zero attached hydrogens (tertiary/aromatic N) is 6. The van der Waals surface area contributed by atoms with Crippen molar-refractivity contribution in [3.05, 3.63) is 35.9 Å². The number of hydrogen-bond donors (Lipinski definition) is 0. The Morgan fingerprint density at radius 1 is 1.16 bits per heavy atom. The van der Waals surface area contributed by atoms with Crippen LogP contribution in [0.1, 0.15) is 25.5 Å². The smallest absolute Gasteiger partial charge is 0.233 e. The van der Waals surface area contributed by atoms with Crippen LogP contribution in [0.4, 0.5) is 0 Å². The minimum atomic E-state index is 0.155. The number of carbonyl (C=O) groups excluding carboxylic acids is 1. The molecule has 0 unspecified atom stereocenters. The Morgan fingerprint density at radius 2 is 1.88 bits per heavy atom. The lowest BCUT2D eigenvalue weighted by molar-refractivity contribution is -0.130. The first kappa shape index (κ1) is 17.9. The summed E-state index contributed by atoms with van der Waals surface area (Å²) in [6, 6.07) is 10.6.